The zero-order valence-corrected chi connectivity index (χ0v) is 20.9. The third-order valence-corrected chi connectivity index (χ3v) is 8.27. The van der Waals surface area contributed by atoms with Crippen molar-refractivity contribution < 1.29 is 23.1 Å². The van der Waals surface area contributed by atoms with E-state index in [2.05, 4.69) is 29.0 Å². The molecule has 2 aliphatic heterocycles. The Labute approximate surface area is 207 Å². The molecule has 0 bridgehead atoms. The summed E-state index contributed by atoms with van der Waals surface area (Å²) >= 11 is 0. The van der Waals surface area contributed by atoms with Gasteiger partial charge in [0.2, 0.25) is 15.9 Å². The van der Waals surface area contributed by atoms with Gasteiger partial charge in [-0.2, -0.15) is 0 Å². The molecule has 2 aromatic carbocycles. The molecular formula is C27H34N2O5S. The SMILES string of the molecule is Cc1ccc(S(=O)(=O)N[C@@H]2C=C[C@@H](CC(=O)N3CCC(Cc4ccccc4)CC3)O[C@@H]2CO)cc1. The van der Waals surface area contributed by atoms with Crippen LogP contribution in [0.4, 0.5) is 0 Å². The molecule has 1 saturated heterocycles. The fourth-order valence-corrected chi connectivity index (χ4v) is 5.93. The van der Waals surface area contributed by atoms with Crippen LogP contribution in [-0.2, 0) is 26.0 Å². The molecule has 0 saturated carbocycles. The highest BCUT2D eigenvalue weighted by Gasteiger charge is 2.32. The maximum atomic E-state index is 12.9. The number of rotatable bonds is 8. The van der Waals surface area contributed by atoms with Gasteiger partial charge in [0, 0.05) is 13.1 Å². The van der Waals surface area contributed by atoms with Crippen molar-refractivity contribution in [3.63, 3.8) is 0 Å². The minimum absolute atomic E-state index is 0.0215. The van der Waals surface area contributed by atoms with E-state index in [1.165, 1.54) is 5.56 Å². The molecule has 0 aliphatic carbocycles. The van der Waals surface area contributed by atoms with Gasteiger partial charge in [0.25, 0.3) is 0 Å². The molecule has 2 aliphatic rings. The fourth-order valence-electron chi connectivity index (χ4n) is 4.71. The van der Waals surface area contributed by atoms with Gasteiger partial charge in [0.1, 0.15) is 6.10 Å². The number of amides is 1. The van der Waals surface area contributed by atoms with Crippen molar-refractivity contribution in [1.82, 2.24) is 9.62 Å². The molecule has 2 heterocycles. The Kier molecular flexibility index (Phi) is 8.38. The van der Waals surface area contributed by atoms with E-state index >= 15 is 0 Å². The van der Waals surface area contributed by atoms with Gasteiger partial charge in [-0.15, -0.1) is 0 Å². The molecule has 2 N–H and O–H groups in total. The summed E-state index contributed by atoms with van der Waals surface area (Å²) in [6.07, 6.45) is 5.29. The molecule has 0 aromatic heterocycles. The minimum Gasteiger partial charge on any atom is -0.394 e. The number of nitrogens with zero attached hydrogens (tertiary/aromatic N) is 1. The lowest BCUT2D eigenvalue weighted by Crippen LogP contribution is -2.49. The van der Waals surface area contributed by atoms with Crippen LogP contribution in [-0.4, -0.2) is 62.3 Å². The van der Waals surface area contributed by atoms with E-state index in [1.807, 2.05) is 17.9 Å². The van der Waals surface area contributed by atoms with E-state index in [1.54, 1.807) is 36.4 Å². The first-order valence-corrected chi connectivity index (χ1v) is 13.7. The summed E-state index contributed by atoms with van der Waals surface area (Å²) in [4.78, 5) is 14.9. The lowest BCUT2D eigenvalue weighted by Gasteiger charge is -2.35. The predicted octanol–water partition coefficient (Wildman–Crippen LogP) is 2.83. The summed E-state index contributed by atoms with van der Waals surface area (Å²) < 4.78 is 34.0. The van der Waals surface area contributed by atoms with Gasteiger partial charge in [-0.25, -0.2) is 13.1 Å². The molecule has 2 aromatic rings. The van der Waals surface area contributed by atoms with Crippen LogP contribution < -0.4 is 4.72 Å². The first-order chi connectivity index (χ1) is 16.8. The highest BCUT2D eigenvalue weighted by atomic mass is 32.2. The number of hydrogen-bond acceptors (Lipinski definition) is 5. The Morgan fingerprint density at radius 2 is 1.74 bits per heavy atom. The average molecular weight is 499 g/mol. The predicted molar refractivity (Wildman–Crippen MR) is 134 cm³/mol. The Balaban J connectivity index is 1.29. The summed E-state index contributed by atoms with van der Waals surface area (Å²) in [6, 6.07) is 16.3. The van der Waals surface area contributed by atoms with Gasteiger partial charge < -0.3 is 14.7 Å². The molecule has 0 radical (unpaired) electrons. The van der Waals surface area contributed by atoms with Crippen LogP contribution in [0.15, 0.2) is 71.6 Å². The summed E-state index contributed by atoms with van der Waals surface area (Å²) in [5.41, 5.74) is 2.30. The highest BCUT2D eigenvalue weighted by Crippen LogP contribution is 2.24. The van der Waals surface area contributed by atoms with E-state index < -0.39 is 28.3 Å². The van der Waals surface area contributed by atoms with E-state index in [-0.39, 0.29) is 23.8 Å². The fraction of sp³-hybridized carbons (Fsp3) is 0.444. The van der Waals surface area contributed by atoms with Crippen molar-refractivity contribution >= 4 is 15.9 Å². The van der Waals surface area contributed by atoms with Crippen LogP contribution in [0.3, 0.4) is 0 Å². The lowest BCUT2D eigenvalue weighted by atomic mass is 9.90. The maximum absolute atomic E-state index is 12.9. The monoisotopic (exact) mass is 498 g/mol. The number of sulfonamides is 1. The number of aliphatic hydroxyl groups is 1. The summed E-state index contributed by atoms with van der Waals surface area (Å²) in [6.45, 7) is 2.99. The van der Waals surface area contributed by atoms with E-state index in [4.69, 9.17) is 4.74 Å². The van der Waals surface area contributed by atoms with Crippen molar-refractivity contribution in [3.05, 3.63) is 77.9 Å². The van der Waals surface area contributed by atoms with Crippen LogP contribution in [0, 0.1) is 12.8 Å². The van der Waals surface area contributed by atoms with Gasteiger partial charge in [0.05, 0.1) is 30.1 Å². The number of carbonyl (C=O) groups is 1. The smallest absolute Gasteiger partial charge is 0.241 e. The molecule has 188 valence electrons. The second-order valence-corrected chi connectivity index (χ2v) is 11.2. The zero-order chi connectivity index (χ0) is 24.8. The topological polar surface area (TPSA) is 95.9 Å². The van der Waals surface area contributed by atoms with Crippen molar-refractivity contribution in [2.75, 3.05) is 19.7 Å². The van der Waals surface area contributed by atoms with Gasteiger partial charge in [-0.3, -0.25) is 4.79 Å². The van der Waals surface area contributed by atoms with Gasteiger partial charge in [-0.05, 0) is 49.8 Å². The molecule has 0 spiro atoms. The van der Waals surface area contributed by atoms with Crippen LogP contribution in [0.2, 0.25) is 0 Å². The standard InChI is InChI=1S/C27H34N2O5S/c1-20-7-10-24(11-8-20)35(32,33)28-25-12-9-23(34-26(25)19-30)18-27(31)29-15-13-22(14-16-29)17-21-5-3-2-4-6-21/h2-12,22-23,25-26,28,30H,13-19H2,1H3/t23-,25+,26+/m0/s1. The Morgan fingerprint density at radius 3 is 2.40 bits per heavy atom. The van der Waals surface area contributed by atoms with Crippen molar-refractivity contribution in [2.24, 2.45) is 5.92 Å². The number of benzene rings is 2. The number of ether oxygens (including phenoxy) is 1. The molecule has 4 rings (SSSR count). The maximum Gasteiger partial charge on any atom is 0.241 e. The Bertz CT molecular complexity index is 1110. The van der Waals surface area contributed by atoms with E-state index in [0.717, 1.165) is 37.9 Å². The normalized spacial score (nSPS) is 23.4. The number of hydrogen-bond donors (Lipinski definition) is 2. The van der Waals surface area contributed by atoms with Crippen LogP contribution in [0.5, 0.6) is 0 Å². The molecular weight excluding hydrogens is 464 g/mol. The summed E-state index contributed by atoms with van der Waals surface area (Å²) in [5.74, 6) is 0.599. The second kappa shape index (κ2) is 11.5. The van der Waals surface area contributed by atoms with Crippen molar-refractivity contribution in [2.45, 2.75) is 55.8 Å². The largest absolute Gasteiger partial charge is 0.394 e. The molecule has 1 fully saturated rings. The van der Waals surface area contributed by atoms with Gasteiger partial charge in [-0.1, -0.05) is 60.2 Å². The zero-order valence-electron chi connectivity index (χ0n) is 20.0. The van der Waals surface area contributed by atoms with Crippen LogP contribution >= 0.6 is 0 Å². The number of aliphatic hydroxyl groups excluding tert-OH is 1. The molecule has 8 heteroatoms. The van der Waals surface area contributed by atoms with E-state index in [0.29, 0.717) is 5.92 Å². The second-order valence-electron chi connectivity index (χ2n) is 9.46. The first-order valence-electron chi connectivity index (χ1n) is 12.2. The lowest BCUT2D eigenvalue weighted by molar-refractivity contribution is -0.136. The molecule has 1 amide bonds. The average Bonchev–Trinajstić information content (AvgIpc) is 2.86. The quantitative estimate of drug-likeness (QED) is 0.546. The number of nitrogens with one attached hydrogen (secondary N) is 1. The molecule has 0 unspecified atom stereocenters. The molecule has 35 heavy (non-hydrogen) atoms. The third-order valence-electron chi connectivity index (χ3n) is 6.80. The Morgan fingerprint density at radius 1 is 1.06 bits per heavy atom. The highest BCUT2D eigenvalue weighted by molar-refractivity contribution is 7.89. The number of likely N-dealkylation sites (tertiary alicyclic amines) is 1. The first kappa shape index (κ1) is 25.6. The van der Waals surface area contributed by atoms with Crippen LogP contribution in [0.1, 0.15) is 30.4 Å². The number of piperidine rings is 1. The van der Waals surface area contributed by atoms with Crippen molar-refractivity contribution in [1.29, 1.82) is 0 Å². The Hall–Kier alpha value is -2.52. The minimum atomic E-state index is -3.77. The number of aryl methyl sites for hydroxylation is 1. The van der Waals surface area contributed by atoms with Crippen molar-refractivity contribution in [3.8, 4) is 0 Å². The summed E-state index contributed by atoms with van der Waals surface area (Å²) in [7, 11) is -3.77. The van der Waals surface area contributed by atoms with Crippen LogP contribution in [0.25, 0.3) is 0 Å². The molecule has 3 atom stereocenters. The van der Waals surface area contributed by atoms with Gasteiger partial charge in [0.15, 0.2) is 0 Å². The number of carbonyl (C=O) groups excluding carboxylic acids is 1. The molecule has 7 nitrogen and oxygen atoms in total. The summed E-state index contributed by atoms with van der Waals surface area (Å²) in [5, 5.41) is 9.83. The van der Waals surface area contributed by atoms with E-state index in [9.17, 15) is 18.3 Å². The van der Waals surface area contributed by atoms with Gasteiger partial charge >= 0.3 is 0 Å². The third kappa shape index (κ3) is 6.79.